The average molecular weight is 381 g/mol. The van der Waals surface area contributed by atoms with Gasteiger partial charge in [-0.25, -0.2) is 4.98 Å². The summed E-state index contributed by atoms with van der Waals surface area (Å²) in [5.41, 5.74) is 7.88. The topological polar surface area (TPSA) is 16.1 Å². The maximum atomic E-state index is 5.21. The molecule has 0 spiro atoms. The van der Waals surface area contributed by atoms with Gasteiger partial charge in [-0.2, -0.15) is 0 Å². The van der Waals surface area contributed by atoms with Crippen LogP contribution in [0, 0.1) is 0 Å². The second-order valence-corrected chi connectivity index (χ2v) is 9.41. The van der Waals surface area contributed by atoms with E-state index in [1.165, 1.54) is 38.4 Å². The summed E-state index contributed by atoms with van der Waals surface area (Å²) in [5, 5.41) is 3.97. The smallest absolute Gasteiger partial charge is 0.0757 e. The molecule has 4 aromatic rings. The van der Waals surface area contributed by atoms with Crippen LogP contribution < -0.4 is 0 Å². The van der Waals surface area contributed by atoms with E-state index in [1.54, 1.807) is 0 Å². The first-order valence-corrected chi connectivity index (χ1v) is 10.5. The van der Waals surface area contributed by atoms with Gasteiger partial charge in [0, 0.05) is 24.0 Å². The van der Waals surface area contributed by atoms with Gasteiger partial charge >= 0.3 is 0 Å². The SMILES string of the molecule is CN1CCc2c(c(-c3ccc(C(C)(C)C)cc3)nc3ccc4ccccc4c23)C1. The van der Waals surface area contributed by atoms with Crippen molar-refractivity contribution in [2.45, 2.75) is 39.2 Å². The van der Waals surface area contributed by atoms with Crippen LogP contribution in [0.3, 0.4) is 0 Å². The molecule has 0 aliphatic carbocycles. The van der Waals surface area contributed by atoms with Crippen LogP contribution in [0.25, 0.3) is 32.9 Å². The number of likely N-dealkylation sites (N-methyl/N-ethyl adjacent to an activating group) is 1. The number of hydrogen-bond acceptors (Lipinski definition) is 2. The molecule has 0 atom stereocenters. The molecule has 0 fully saturated rings. The monoisotopic (exact) mass is 380 g/mol. The van der Waals surface area contributed by atoms with Gasteiger partial charge < -0.3 is 4.90 Å². The molecule has 5 rings (SSSR count). The lowest BCUT2D eigenvalue weighted by atomic mass is 9.85. The quantitative estimate of drug-likeness (QED) is 0.358. The Balaban J connectivity index is 1.78. The van der Waals surface area contributed by atoms with Gasteiger partial charge in [0.25, 0.3) is 0 Å². The van der Waals surface area contributed by atoms with Crippen molar-refractivity contribution in [3.8, 4) is 11.3 Å². The summed E-state index contributed by atoms with van der Waals surface area (Å²) in [7, 11) is 2.21. The van der Waals surface area contributed by atoms with Gasteiger partial charge in [0.1, 0.15) is 0 Å². The van der Waals surface area contributed by atoms with Crippen LogP contribution in [0.1, 0.15) is 37.5 Å². The summed E-state index contributed by atoms with van der Waals surface area (Å²) in [4.78, 5) is 7.62. The van der Waals surface area contributed by atoms with Crippen LogP contribution >= 0.6 is 0 Å². The molecule has 0 amide bonds. The molecule has 3 aromatic carbocycles. The molecular formula is C27H28N2. The summed E-state index contributed by atoms with van der Waals surface area (Å²) < 4.78 is 0. The first-order valence-electron chi connectivity index (χ1n) is 10.5. The molecule has 0 bridgehead atoms. The molecule has 1 aliphatic heterocycles. The number of fused-ring (bicyclic) bond motifs is 5. The molecule has 0 saturated heterocycles. The highest BCUT2D eigenvalue weighted by Crippen LogP contribution is 2.37. The fourth-order valence-corrected chi connectivity index (χ4v) is 4.62. The second kappa shape index (κ2) is 6.67. The third-order valence-electron chi connectivity index (χ3n) is 6.29. The number of nitrogens with zero attached hydrogens (tertiary/aromatic N) is 2. The Morgan fingerprint density at radius 3 is 2.38 bits per heavy atom. The van der Waals surface area contributed by atoms with Crippen molar-refractivity contribution in [3.05, 3.63) is 77.4 Å². The Labute approximate surface area is 173 Å². The molecule has 1 aromatic heterocycles. The molecule has 29 heavy (non-hydrogen) atoms. The number of pyridine rings is 1. The molecule has 0 N–H and O–H groups in total. The zero-order valence-corrected chi connectivity index (χ0v) is 17.8. The largest absolute Gasteiger partial charge is 0.302 e. The van der Waals surface area contributed by atoms with E-state index < -0.39 is 0 Å². The van der Waals surface area contributed by atoms with Crippen molar-refractivity contribution >= 4 is 21.7 Å². The van der Waals surface area contributed by atoms with E-state index in [-0.39, 0.29) is 5.41 Å². The van der Waals surface area contributed by atoms with Crippen molar-refractivity contribution in [1.82, 2.24) is 9.88 Å². The molecule has 0 unspecified atom stereocenters. The first-order chi connectivity index (χ1) is 13.9. The highest BCUT2D eigenvalue weighted by Gasteiger charge is 2.23. The van der Waals surface area contributed by atoms with Crippen LogP contribution in [0.4, 0.5) is 0 Å². The van der Waals surface area contributed by atoms with Gasteiger partial charge in [-0.3, -0.25) is 0 Å². The molecule has 1 aliphatic rings. The van der Waals surface area contributed by atoms with Crippen molar-refractivity contribution in [3.63, 3.8) is 0 Å². The van der Waals surface area contributed by atoms with E-state index in [1.807, 2.05) is 0 Å². The molecule has 146 valence electrons. The minimum atomic E-state index is 0.161. The number of rotatable bonds is 1. The van der Waals surface area contributed by atoms with Crippen molar-refractivity contribution in [2.75, 3.05) is 13.6 Å². The van der Waals surface area contributed by atoms with E-state index in [0.717, 1.165) is 30.7 Å². The fourth-order valence-electron chi connectivity index (χ4n) is 4.62. The zero-order chi connectivity index (χ0) is 20.2. The van der Waals surface area contributed by atoms with Crippen molar-refractivity contribution in [1.29, 1.82) is 0 Å². The highest BCUT2D eigenvalue weighted by atomic mass is 15.1. The van der Waals surface area contributed by atoms with Gasteiger partial charge in [0.2, 0.25) is 0 Å². The maximum Gasteiger partial charge on any atom is 0.0757 e. The summed E-state index contributed by atoms with van der Waals surface area (Å²) in [6.07, 6.45) is 1.08. The van der Waals surface area contributed by atoms with E-state index in [4.69, 9.17) is 4.98 Å². The highest BCUT2D eigenvalue weighted by molar-refractivity contribution is 6.09. The molecule has 2 nitrogen and oxygen atoms in total. The van der Waals surface area contributed by atoms with Gasteiger partial charge in [-0.15, -0.1) is 0 Å². The first kappa shape index (κ1) is 18.3. The summed E-state index contributed by atoms with van der Waals surface area (Å²) in [5.74, 6) is 0. The van der Waals surface area contributed by atoms with E-state index in [2.05, 4.69) is 93.4 Å². The van der Waals surface area contributed by atoms with Crippen molar-refractivity contribution < 1.29 is 0 Å². The molecular weight excluding hydrogens is 352 g/mol. The lowest BCUT2D eigenvalue weighted by Crippen LogP contribution is -2.27. The average Bonchev–Trinajstić information content (AvgIpc) is 2.72. The van der Waals surface area contributed by atoms with Crippen LogP contribution in [0.15, 0.2) is 60.7 Å². The molecule has 2 heterocycles. The van der Waals surface area contributed by atoms with Gasteiger partial charge in [0.15, 0.2) is 0 Å². The Morgan fingerprint density at radius 1 is 0.862 bits per heavy atom. The summed E-state index contributed by atoms with van der Waals surface area (Å²) in [6.45, 7) is 8.84. The Hall–Kier alpha value is -2.71. The van der Waals surface area contributed by atoms with Gasteiger partial charge in [-0.05, 0) is 52.4 Å². The fraction of sp³-hybridized carbons (Fsp3) is 0.296. The Morgan fingerprint density at radius 2 is 1.62 bits per heavy atom. The third kappa shape index (κ3) is 3.12. The standard InChI is InChI=1S/C27H28N2/c1-27(2,3)20-12-9-19(10-13-20)26-23-17-29(4)16-15-22(23)25-21-8-6-5-7-18(21)11-14-24(25)28-26/h5-14H,15-17H2,1-4H3. The van der Waals surface area contributed by atoms with E-state index in [0.29, 0.717) is 0 Å². The van der Waals surface area contributed by atoms with Crippen LogP contribution in [-0.2, 0) is 18.4 Å². The minimum Gasteiger partial charge on any atom is -0.302 e. The van der Waals surface area contributed by atoms with Crippen LogP contribution in [0.5, 0.6) is 0 Å². The van der Waals surface area contributed by atoms with Gasteiger partial charge in [0.05, 0.1) is 11.2 Å². The molecule has 0 saturated carbocycles. The minimum absolute atomic E-state index is 0.161. The number of hydrogen-bond donors (Lipinski definition) is 0. The lowest BCUT2D eigenvalue weighted by Gasteiger charge is -2.28. The van der Waals surface area contributed by atoms with Crippen molar-refractivity contribution in [2.24, 2.45) is 0 Å². The lowest BCUT2D eigenvalue weighted by molar-refractivity contribution is 0.314. The van der Waals surface area contributed by atoms with E-state index in [9.17, 15) is 0 Å². The molecule has 2 heteroatoms. The van der Waals surface area contributed by atoms with Crippen LogP contribution in [-0.4, -0.2) is 23.5 Å². The summed E-state index contributed by atoms with van der Waals surface area (Å²) >= 11 is 0. The predicted octanol–water partition coefficient (Wildman–Crippen LogP) is 6.34. The molecule has 0 radical (unpaired) electrons. The third-order valence-corrected chi connectivity index (χ3v) is 6.29. The summed E-state index contributed by atoms with van der Waals surface area (Å²) in [6, 6.07) is 22.2. The van der Waals surface area contributed by atoms with E-state index >= 15 is 0 Å². The Kier molecular flexibility index (Phi) is 4.22. The normalized spacial score (nSPS) is 15.0. The predicted molar refractivity (Wildman–Crippen MR) is 123 cm³/mol. The Bertz CT molecular complexity index is 1210. The van der Waals surface area contributed by atoms with Crippen LogP contribution in [0.2, 0.25) is 0 Å². The number of benzene rings is 3. The maximum absolute atomic E-state index is 5.21. The van der Waals surface area contributed by atoms with Gasteiger partial charge in [-0.1, -0.05) is 75.4 Å². The zero-order valence-electron chi connectivity index (χ0n) is 17.8. The second-order valence-electron chi connectivity index (χ2n) is 9.41. The number of aromatic nitrogens is 1.